The third-order valence-electron chi connectivity index (χ3n) is 6.96. The van der Waals surface area contributed by atoms with Crippen LogP contribution in [0.25, 0.3) is 10.8 Å². The molecule has 0 atom stereocenters. The molecule has 140 valence electrons. The van der Waals surface area contributed by atoms with Crippen molar-refractivity contribution >= 4 is 39.7 Å². The van der Waals surface area contributed by atoms with Crippen molar-refractivity contribution in [2.24, 2.45) is 23.2 Å². The van der Waals surface area contributed by atoms with Gasteiger partial charge >= 0.3 is 0 Å². The van der Waals surface area contributed by atoms with Crippen molar-refractivity contribution in [1.82, 2.24) is 5.32 Å². The fourth-order valence-electron chi connectivity index (χ4n) is 6.45. The van der Waals surface area contributed by atoms with E-state index in [0.717, 1.165) is 28.8 Å². The highest BCUT2D eigenvalue weighted by atomic mass is 32.1. The lowest BCUT2D eigenvalue weighted by atomic mass is 9.49. The molecule has 4 aliphatic carbocycles. The highest BCUT2D eigenvalue weighted by Gasteiger charge is 2.51. The average molecular weight is 379 g/mol. The molecule has 0 spiro atoms. The van der Waals surface area contributed by atoms with Crippen molar-refractivity contribution < 1.29 is 4.79 Å². The van der Waals surface area contributed by atoms with Gasteiger partial charge < -0.3 is 10.6 Å². The highest BCUT2D eigenvalue weighted by molar-refractivity contribution is 7.80. The van der Waals surface area contributed by atoms with Crippen molar-refractivity contribution in [3.05, 3.63) is 42.5 Å². The highest BCUT2D eigenvalue weighted by Crippen LogP contribution is 2.61. The molecule has 4 fully saturated rings. The van der Waals surface area contributed by atoms with Crippen LogP contribution in [0.1, 0.15) is 44.9 Å². The number of benzene rings is 2. The fourth-order valence-corrected chi connectivity index (χ4v) is 6.68. The number of hydrogen-bond acceptors (Lipinski definition) is 2. The molecule has 0 aliphatic heterocycles. The minimum Gasteiger partial charge on any atom is -0.332 e. The van der Waals surface area contributed by atoms with Gasteiger partial charge in [-0.15, -0.1) is 0 Å². The van der Waals surface area contributed by atoms with Crippen molar-refractivity contribution in [1.29, 1.82) is 0 Å². The number of anilines is 1. The van der Waals surface area contributed by atoms with Gasteiger partial charge in [-0.2, -0.15) is 0 Å². The predicted octanol–water partition coefficient (Wildman–Crippen LogP) is 5.26. The minimum atomic E-state index is 0.0789. The first-order chi connectivity index (χ1) is 13.1. The van der Waals surface area contributed by atoms with Crippen LogP contribution in [0.4, 0.5) is 5.69 Å². The van der Waals surface area contributed by atoms with E-state index in [4.69, 9.17) is 12.2 Å². The molecule has 4 bridgehead atoms. The van der Waals surface area contributed by atoms with Gasteiger partial charge in [-0.05, 0) is 96.8 Å². The van der Waals surface area contributed by atoms with Gasteiger partial charge in [0.25, 0.3) is 0 Å². The Morgan fingerprint density at radius 3 is 2.26 bits per heavy atom. The van der Waals surface area contributed by atoms with Gasteiger partial charge in [-0.3, -0.25) is 4.79 Å². The maximum Gasteiger partial charge on any atom is 0.226 e. The van der Waals surface area contributed by atoms with Crippen LogP contribution >= 0.6 is 12.2 Å². The molecule has 2 aromatic carbocycles. The van der Waals surface area contributed by atoms with Crippen molar-refractivity contribution in [3.8, 4) is 0 Å². The molecule has 0 heterocycles. The Morgan fingerprint density at radius 2 is 1.59 bits per heavy atom. The molecule has 4 heteroatoms. The normalized spacial score (nSPS) is 31.0. The zero-order chi connectivity index (χ0) is 18.4. The number of thiocarbonyl (C=S) groups is 1. The van der Waals surface area contributed by atoms with Gasteiger partial charge in [0, 0.05) is 12.1 Å². The first-order valence-electron chi connectivity index (χ1n) is 10.2. The van der Waals surface area contributed by atoms with Gasteiger partial charge in [-0.25, -0.2) is 0 Å². The van der Waals surface area contributed by atoms with Crippen molar-refractivity contribution in [2.45, 2.75) is 44.9 Å². The first-order valence-corrected chi connectivity index (χ1v) is 10.6. The quantitative estimate of drug-likeness (QED) is 0.716. The SMILES string of the molecule is O=C(CC12CC3CC(CC(C3)C1)C2)NC(=S)Nc1ccc2ccccc2c1. The van der Waals surface area contributed by atoms with Crippen LogP contribution in [0.15, 0.2) is 42.5 Å². The fraction of sp³-hybridized carbons (Fsp3) is 0.478. The van der Waals surface area contributed by atoms with Crippen molar-refractivity contribution in [3.63, 3.8) is 0 Å². The summed E-state index contributed by atoms with van der Waals surface area (Å²) in [5.74, 6) is 2.68. The molecular formula is C23H26N2OS. The standard InChI is InChI=1S/C23H26N2OS/c26-21(14-23-11-15-7-16(12-23)9-17(8-15)13-23)25-22(27)24-20-6-5-18-3-1-2-4-19(18)10-20/h1-6,10,15-17H,7-9,11-14H2,(H2,24,25,26,27). The van der Waals surface area contributed by atoms with Gasteiger partial charge in [-0.1, -0.05) is 30.3 Å². The van der Waals surface area contributed by atoms with Crippen LogP contribution in [0.3, 0.4) is 0 Å². The Balaban J connectivity index is 1.21. The summed E-state index contributed by atoms with van der Waals surface area (Å²) in [5, 5.41) is 8.86. The maximum absolute atomic E-state index is 12.7. The van der Waals surface area contributed by atoms with E-state index < -0.39 is 0 Å². The van der Waals surface area contributed by atoms with Crippen LogP contribution in [0, 0.1) is 23.2 Å². The van der Waals surface area contributed by atoms with Gasteiger partial charge in [0.1, 0.15) is 0 Å². The lowest BCUT2D eigenvalue weighted by molar-refractivity contribution is -0.127. The molecule has 1 amide bonds. The van der Waals surface area contributed by atoms with E-state index in [1.807, 2.05) is 18.2 Å². The number of carbonyl (C=O) groups excluding carboxylic acids is 1. The minimum absolute atomic E-state index is 0.0789. The number of nitrogens with one attached hydrogen (secondary N) is 2. The summed E-state index contributed by atoms with van der Waals surface area (Å²) in [4.78, 5) is 12.7. The second kappa shape index (κ2) is 6.59. The summed E-state index contributed by atoms with van der Waals surface area (Å²) >= 11 is 5.40. The zero-order valence-electron chi connectivity index (χ0n) is 15.5. The molecule has 6 rings (SSSR count). The maximum atomic E-state index is 12.7. The smallest absolute Gasteiger partial charge is 0.226 e. The van der Waals surface area contributed by atoms with E-state index in [2.05, 4.69) is 34.9 Å². The lowest BCUT2D eigenvalue weighted by Crippen LogP contribution is -2.48. The molecular weight excluding hydrogens is 352 g/mol. The Hall–Kier alpha value is -1.94. The molecule has 2 aromatic rings. The Bertz CT molecular complexity index is 871. The van der Waals surface area contributed by atoms with E-state index in [1.165, 1.54) is 43.9 Å². The molecule has 0 unspecified atom stereocenters. The summed E-state index contributed by atoms with van der Waals surface area (Å²) in [5.41, 5.74) is 1.16. The number of carbonyl (C=O) groups is 1. The topological polar surface area (TPSA) is 41.1 Å². The zero-order valence-corrected chi connectivity index (χ0v) is 16.4. The van der Waals surface area contributed by atoms with Crippen LogP contribution in [-0.4, -0.2) is 11.0 Å². The van der Waals surface area contributed by atoms with Gasteiger partial charge in [0.2, 0.25) is 5.91 Å². The average Bonchev–Trinajstić information content (AvgIpc) is 2.59. The summed E-state index contributed by atoms with van der Waals surface area (Å²) in [7, 11) is 0. The van der Waals surface area contributed by atoms with E-state index in [1.54, 1.807) is 0 Å². The number of rotatable bonds is 3. The van der Waals surface area contributed by atoms with Gasteiger partial charge in [0.05, 0.1) is 0 Å². The lowest BCUT2D eigenvalue weighted by Gasteiger charge is -2.56. The molecule has 0 aromatic heterocycles. The molecule has 2 N–H and O–H groups in total. The third-order valence-corrected chi connectivity index (χ3v) is 7.17. The second-order valence-electron chi connectivity index (χ2n) is 9.16. The molecule has 4 aliphatic rings. The number of amides is 1. The molecule has 4 saturated carbocycles. The number of fused-ring (bicyclic) bond motifs is 1. The molecule has 3 nitrogen and oxygen atoms in total. The van der Waals surface area contributed by atoms with E-state index in [0.29, 0.717) is 11.5 Å². The van der Waals surface area contributed by atoms with Crippen LogP contribution < -0.4 is 10.6 Å². The van der Waals surface area contributed by atoms with Gasteiger partial charge in [0.15, 0.2) is 5.11 Å². The van der Waals surface area contributed by atoms with E-state index in [9.17, 15) is 4.79 Å². The van der Waals surface area contributed by atoms with Crippen LogP contribution in [0.5, 0.6) is 0 Å². The largest absolute Gasteiger partial charge is 0.332 e. The Kier molecular flexibility index (Phi) is 4.19. The summed E-state index contributed by atoms with van der Waals surface area (Å²) in [6.07, 6.45) is 8.59. The Labute approximate surface area is 165 Å². The summed E-state index contributed by atoms with van der Waals surface area (Å²) in [6.45, 7) is 0. The third kappa shape index (κ3) is 3.47. The van der Waals surface area contributed by atoms with Crippen molar-refractivity contribution in [2.75, 3.05) is 5.32 Å². The second-order valence-corrected chi connectivity index (χ2v) is 9.57. The monoisotopic (exact) mass is 378 g/mol. The first kappa shape index (κ1) is 17.2. The van der Waals surface area contributed by atoms with E-state index >= 15 is 0 Å². The molecule has 27 heavy (non-hydrogen) atoms. The molecule has 0 saturated heterocycles. The Morgan fingerprint density at radius 1 is 0.963 bits per heavy atom. The summed E-state index contributed by atoms with van der Waals surface area (Å²) < 4.78 is 0. The van der Waals surface area contributed by atoms with Crippen LogP contribution in [0.2, 0.25) is 0 Å². The van der Waals surface area contributed by atoms with E-state index in [-0.39, 0.29) is 11.3 Å². The molecule has 0 radical (unpaired) electrons. The van der Waals surface area contributed by atoms with Crippen LogP contribution in [-0.2, 0) is 4.79 Å². The summed E-state index contributed by atoms with van der Waals surface area (Å²) in [6, 6.07) is 14.4. The predicted molar refractivity (Wildman–Crippen MR) is 114 cm³/mol. The number of hydrogen-bond donors (Lipinski definition) is 2.